The molecule has 0 aliphatic carbocycles. The molecule has 8 nitrogen and oxygen atoms in total. The molecule has 3 saturated heterocycles. The predicted molar refractivity (Wildman–Crippen MR) is 115 cm³/mol. The van der Waals surface area contributed by atoms with Crippen LogP contribution >= 0.6 is 11.6 Å². The van der Waals surface area contributed by atoms with Crippen molar-refractivity contribution in [1.82, 2.24) is 10.2 Å². The van der Waals surface area contributed by atoms with Crippen LogP contribution in [0.5, 0.6) is 0 Å². The van der Waals surface area contributed by atoms with Crippen molar-refractivity contribution in [2.45, 2.75) is 50.9 Å². The number of halogens is 1. The summed E-state index contributed by atoms with van der Waals surface area (Å²) in [6.07, 6.45) is 1.51. The zero-order valence-corrected chi connectivity index (χ0v) is 18.4. The lowest BCUT2D eigenvalue weighted by molar-refractivity contribution is -0.141. The molecule has 168 valence electrons. The number of amides is 3. The molecule has 0 radical (unpaired) electrons. The number of ether oxygens (including phenoxy) is 1. The molecule has 5 atom stereocenters. The maximum atomic E-state index is 13.5. The first-order chi connectivity index (χ1) is 14.9. The largest absolute Gasteiger partial charge is 0.395 e. The number of aliphatic hydroxyl groups excluding tert-OH is 1. The summed E-state index contributed by atoms with van der Waals surface area (Å²) in [6, 6.07) is 4.37. The number of β-amino-alcohol motifs (C(OH)–C–C–N with tert-alkyl or cyclic N) is 1. The van der Waals surface area contributed by atoms with Gasteiger partial charge in [0.25, 0.3) is 0 Å². The second-order valence-corrected chi connectivity index (χ2v) is 8.93. The van der Waals surface area contributed by atoms with Crippen LogP contribution in [-0.4, -0.2) is 65.2 Å². The Morgan fingerprint density at radius 3 is 2.81 bits per heavy atom. The van der Waals surface area contributed by atoms with E-state index in [1.54, 1.807) is 12.1 Å². The van der Waals surface area contributed by atoms with Gasteiger partial charge in [-0.25, -0.2) is 0 Å². The molecule has 0 aromatic heterocycles. The maximum absolute atomic E-state index is 13.5. The Morgan fingerprint density at radius 2 is 2.13 bits per heavy atom. The number of hydrogen-bond acceptors (Lipinski definition) is 5. The van der Waals surface area contributed by atoms with Gasteiger partial charge in [0.15, 0.2) is 0 Å². The summed E-state index contributed by atoms with van der Waals surface area (Å²) in [6.45, 7) is 4.01. The van der Waals surface area contributed by atoms with Crippen molar-refractivity contribution in [1.29, 1.82) is 0 Å². The third-order valence-corrected chi connectivity index (χ3v) is 7.03. The zero-order chi connectivity index (χ0) is 22.3. The number of benzene rings is 1. The topological polar surface area (TPSA) is 108 Å². The van der Waals surface area contributed by atoms with E-state index in [1.165, 1.54) is 4.90 Å². The second-order valence-electron chi connectivity index (χ2n) is 8.52. The number of aryl methyl sites for hydroxylation is 1. The molecule has 1 aromatic rings. The molecule has 3 aliphatic rings. The Morgan fingerprint density at radius 1 is 1.35 bits per heavy atom. The number of rotatable bonds is 7. The minimum absolute atomic E-state index is 0.00595. The molecule has 9 heteroatoms. The summed E-state index contributed by atoms with van der Waals surface area (Å²) in [7, 11) is 0. The first kappa shape index (κ1) is 22.0. The van der Waals surface area contributed by atoms with E-state index in [-0.39, 0.29) is 31.1 Å². The van der Waals surface area contributed by atoms with E-state index in [0.717, 1.165) is 12.0 Å². The van der Waals surface area contributed by atoms with Gasteiger partial charge < -0.3 is 25.4 Å². The molecule has 3 fully saturated rings. The van der Waals surface area contributed by atoms with Gasteiger partial charge in [-0.05, 0) is 37.8 Å². The summed E-state index contributed by atoms with van der Waals surface area (Å²) < 4.78 is 6.28. The number of anilines is 1. The summed E-state index contributed by atoms with van der Waals surface area (Å²) >= 11 is 6.29. The summed E-state index contributed by atoms with van der Waals surface area (Å²) in [5.41, 5.74) is 0.196. The van der Waals surface area contributed by atoms with Crippen molar-refractivity contribution in [2.24, 2.45) is 11.8 Å². The van der Waals surface area contributed by atoms with Crippen molar-refractivity contribution in [3.63, 3.8) is 0 Å². The van der Waals surface area contributed by atoms with Crippen LogP contribution in [0.1, 0.15) is 31.7 Å². The number of nitrogens with zero attached hydrogens (tertiary/aromatic N) is 1. The number of likely N-dealkylation sites (tertiary alicyclic amines) is 1. The van der Waals surface area contributed by atoms with Gasteiger partial charge in [-0.3, -0.25) is 14.4 Å². The Bertz CT molecular complexity index is 889. The monoisotopic (exact) mass is 449 g/mol. The number of para-hydroxylation sites is 1. The van der Waals surface area contributed by atoms with E-state index in [9.17, 15) is 19.5 Å². The maximum Gasteiger partial charge on any atom is 0.250 e. The van der Waals surface area contributed by atoms with E-state index < -0.39 is 29.4 Å². The summed E-state index contributed by atoms with van der Waals surface area (Å²) in [5, 5.41) is 15.7. The van der Waals surface area contributed by atoms with Crippen molar-refractivity contribution in [3.05, 3.63) is 28.8 Å². The highest BCUT2D eigenvalue weighted by molar-refractivity contribution is 6.34. The third-order valence-electron chi connectivity index (χ3n) is 6.71. The van der Waals surface area contributed by atoms with E-state index in [0.29, 0.717) is 30.1 Å². The summed E-state index contributed by atoms with van der Waals surface area (Å²) in [5.74, 6) is -2.31. The Kier molecular flexibility index (Phi) is 5.98. The molecule has 2 bridgehead atoms. The van der Waals surface area contributed by atoms with E-state index in [4.69, 9.17) is 16.3 Å². The smallest absolute Gasteiger partial charge is 0.250 e. The van der Waals surface area contributed by atoms with E-state index >= 15 is 0 Å². The fourth-order valence-corrected chi connectivity index (χ4v) is 5.72. The predicted octanol–water partition coefficient (Wildman–Crippen LogP) is 1.48. The quantitative estimate of drug-likeness (QED) is 0.584. The number of aliphatic hydroxyl groups is 1. The van der Waals surface area contributed by atoms with Crippen LogP contribution in [0.3, 0.4) is 0 Å². The molecular formula is C22H28ClN3O5. The normalized spacial score (nSPS) is 31.1. The minimum atomic E-state index is -1.08. The second kappa shape index (κ2) is 8.41. The number of nitrogens with one attached hydrogen (secondary N) is 2. The van der Waals surface area contributed by atoms with Gasteiger partial charge in [-0.15, -0.1) is 0 Å². The number of hydrogen-bond donors (Lipinski definition) is 3. The molecular weight excluding hydrogens is 422 g/mol. The standard InChI is InChI=1S/C22H28ClN3O5/c1-3-9-24-19(28)15-14-7-8-22(31-14)16(15)21(30)26(10-11-27)18(22)20(29)25-17-12(2)5-4-6-13(17)23/h4-6,14-16,18,27H,3,7-11H2,1-2H3,(H,24,28)(H,25,29)/t14-,15+,16+,18?,22?/m1/s1. The molecule has 3 aliphatic heterocycles. The first-order valence-electron chi connectivity index (χ1n) is 10.8. The highest BCUT2D eigenvalue weighted by Gasteiger charge is 2.74. The average molecular weight is 450 g/mol. The van der Waals surface area contributed by atoms with Gasteiger partial charge in [0.1, 0.15) is 11.6 Å². The molecule has 3 heterocycles. The molecule has 31 heavy (non-hydrogen) atoms. The Balaban J connectivity index is 1.68. The molecule has 2 unspecified atom stereocenters. The van der Waals surface area contributed by atoms with Crippen LogP contribution in [0, 0.1) is 18.8 Å². The van der Waals surface area contributed by atoms with E-state index in [1.807, 2.05) is 19.9 Å². The van der Waals surface area contributed by atoms with Gasteiger partial charge in [0.2, 0.25) is 17.7 Å². The lowest BCUT2D eigenvalue weighted by Crippen LogP contribution is -2.54. The first-order valence-corrected chi connectivity index (χ1v) is 11.2. The molecule has 1 aromatic carbocycles. The summed E-state index contributed by atoms with van der Waals surface area (Å²) in [4.78, 5) is 41.1. The van der Waals surface area contributed by atoms with E-state index in [2.05, 4.69) is 10.6 Å². The lowest BCUT2D eigenvalue weighted by Gasteiger charge is -2.33. The van der Waals surface area contributed by atoms with Gasteiger partial charge in [-0.1, -0.05) is 30.7 Å². The van der Waals surface area contributed by atoms with Crippen molar-refractivity contribution >= 4 is 35.0 Å². The molecule has 1 spiro atoms. The Labute approximate surface area is 186 Å². The Hall–Kier alpha value is -2.16. The minimum Gasteiger partial charge on any atom is -0.395 e. The van der Waals surface area contributed by atoms with Crippen molar-refractivity contribution in [2.75, 3.05) is 25.0 Å². The third kappa shape index (κ3) is 3.41. The van der Waals surface area contributed by atoms with Gasteiger partial charge in [0, 0.05) is 13.1 Å². The van der Waals surface area contributed by atoms with Crippen LogP contribution in [0.25, 0.3) is 0 Å². The average Bonchev–Trinajstić information content (AvgIpc) is 3.37. The highest BCUT2D eigenvalue weighted by Crippen LogP contribution is 2.58. The SMILES string of the molecule is CCCNC(=O)[C@@H]1[C@H]2C(=O)N(CCO)C(C(=O)Nc3c(C)cccc3Cl)C23CC[C@H]1O3. The van der Waals surface area contributed by atoms with Gasteiger partial charge in [-0.2, -0.15) is 0 Å². The number of carbonyl (C=O) groups is 3. The van der Waals surface area contributed by atoms with Crippen LogP contribution in [-0.2, 0) is 19.1 Å². The van der Waals surface area contributed by atoms with Crippen LogP contribution in [0.15, 0.2) is 18.2 Å². The van der Waals surface area contributed by atoms with Gasteiger partial charge >= 0.3 is 0 Å². The highest BCUT2D eigenvalue weighted by atomic mass is 35.5. The van der Waals surface area contributed by atoms with Crippen LogP contribution < -0.4 is 10.6 Å². The zero-order valence-electron chi connectivity index (χ0n) is 17.7. The van der Waals surface area contributed by atoms with Crippen LogP contribution in [0.2, 0.25) is 5.02 Å². The molecule has 0 saturated carbocycles. The molecule has 3 N–H and O–H groups in total. The fourth-order valence-electron chi connectivity index (χ4n) is 5.45. The van der Waals surface area contributed by atoms with Crippen molar-refractivity contribution in [3.8, 4) is 0 Å². The molecule has 4 rings (SSSR count). The number of fused-ring (bicyclic) bond motifs is 1. The fraction of sp³-hybridized carbons (Fsp3) is 0.591. The van der Waals surface area contributed by atoms with Crippen molar-refractivity contribution < 1.29 is 24.2 Å². The van der Waals surface area contributed by atoms with Gasteiger partial charge in [0.05, 0.1) is 35.3 Å². The number of carbonyl (C=O) groups excluding carboxylic acids is 3. The molecule has 3 amide bonds. The van der Waals surface area contributed by atoms with Crippen LogP contribution in [0.4, 0.5) is 5.69 Å². The lowest BCUT2D eigenvalue weighted by atomic mass is 9.70.